The summed E-state index contributed by atoms with van der Waals surface area (Å²) >= 11 is 0. The first-order chi connectivity index (χ1) is 8.81. The Kier molecular flexibility index (Phi) is 5.60. The fraction of sp³-hybridized carbons (Fsp3) is 0.846. The number of likely N-dealkylation sites (N-methyl/N-ethyl adjacent to an activating group) is 1. The smallest absolute Gasteiger partial charge is 0.323 e. The SMILES string of the molecule is CC(C)CN(CC(=O)O)C(=O)N1CCC(N(C)C)C1. The van der Waals surface area contributed by atoms with Gasteiger partial charge >= 0.3 is 12.0 Å². The second-order valence-electron chi connectivity index (χ2n) is 5.80. The van der Waals surface area contributed by atoms with Gasteiger partial charge in [-0.3, -0.25) is 4.79 Å². The molecule has 6 nitrogen and oxygen atoms in total. The molecule has 0 radical (unpaired) electrons. The van der Waals surface area contributed by atoms with E-state index in [0.717, 1.165) is 6.42 Å². The lowest BCUT2D eigenvalue weighted by atomic mass is 10.2. The van der Waals surface area contributed by atoms with Crippen LogP contribution < -0.4 is 0 Å². The molecule has 0 aromatic carbocycles. The number of likely N-dealkylation sites (tertiary alicyclic amines) is 1. The first-order valence-corrected chi connectivity index (χ1v) is 6.73. The maximum absolute atomic E-state index is 12.4. The first-order valence-electron chi connectivity index (χ1n) is 6.73. The third-order valence-corrected chi connectivity index (χ3v) is 3.35. The maximum Gasteiger partial charge on any atom is 0.323 e. The first kappa shape index (κ1) is 15.8. The largest absolute Gasteiger partial charge is 0.480 e. The quantitative estimate of drug-likeness (QED) is 0.803. The number of hydrogen-bond donors (Lipinski definition) is 1. The number of carboxylic acids is 1. The predicted molar refractivity (Wildman–Crippen MR) is 73.1 cm³/mol. The van der Waals surface area contributed by atoms with E-state index in [4.69, 9.17) is 5.11 Å². The Morgan fingerprint density at radius 1 is 1.37 bits per heavy atom. The zero-order valence-corrected chi connectivity index (χ0v) is 12.3. The topological polar surface area (TPSA) is 64.1 Å². The van der Waals surface area contributed by atoms with Gasteiger partial charge in [0, 0.05) is 25.7 Å². The molecule has 1 fully saturated rings. The molecule has 6 heteroatoms. The maximum atomic E-state index is 12.4. The number of carbonyl (C=O) groups is 2. The van der Waals surface area contributed by atoms with Crippen LogP contribution in [0, 0.1) is 5.92 Å². The fourth-order valence-corrected chi connectivity index (χ4v) is 2.35. The minimum atomic E-state index is -0.961. The summed E-state index contributed by atoms with van der Waals surface area (Å²) in [5, 5.41) is 8.91. The monoisotopic (exact) mass is 271 g/mol. The van der Waals surface area contributed by atoms with Crippen molar-refractivity contribution < 1.29 is 14.7 Å². The molecule has 1 atom stereocenters. The summed E-state index contributed by atoms with van der Waals surface area (Å²) in [7, 11) is 4.00. The number of hydrogen-bond acceptors (Lipinski definition) is 3. The standard InChI is InChI=1S/C13H25N3O3/c1-10(2)7-16(9-12(17)18)13(19)15-6-5-11(8-15)14(3)4/h10-11H,5-9H2,1-4H3,(H,17,18). The average Bonchev–Trinajstić information content (AvgIpc) is 2.75. The Labute approximate surface area is 115 Å². The van der Waals surface area contributed by atoms with E-state index in [1.807, 2.05) is 27.9 Å². The van der Waals surface area contributed by atoms with Gasteiger partial charge in [0.2, 0.25) is 0 Å². The van der Waals surface area contributed by atoms with Gasteiger partial charge in [0.1, 0.15) is 6.54 Å². The van der Waals surface area contributed by atoms with Crippen molar-refractivity contribution >= 4 is 12.0 Å². The Morgan fingerprint density at radius 2 is 2.00 bits per heavy atom. The Hall–Kier alpha value is -1.30. The van der Waals surface area contributed by atoms with Crippen molar-refractivity contribution in [2.24, 2.45) is 5.92 Å². The second-order valence-corrected chi connectivity index (χ2v) is 5.80. The van der Waals surface area contributed by atoms with Crippen molar-refractivity contribution in [3.63, 3.8) is 0 Å². The van der Waals surface area contributed by atoms with Gasteiger partial charge < -0.3 is 19.8 Å². The fourth-order valence-electron chi connectivity index (χ4n) is 2.35. The van der Waals surface area contributed by atoms with E-state index in [9.17, 15) is 9.59 Å². The van der Waals surface area contributed by atoms with Crippen LogP contribution >= 0.6 is 0 Å². The zero-order valence-electron chi connectivity index (χ0n) is 12.3. The van der Waals surface area contributed by atoms with E-state index in [1.54, 1.807) is 4.90 Å². The number of nitrogens with zero attached hydrogens (tertiary/aromatic N) is 3. The van der Waals surface area contributed by atoms with Crippen LogP contribution in [-0.2, 0) is 4.79 Å². The van der Waals surface area contributed by atoms with Gasteiger partial charge in [0.15, 0.2) is 0 Å². The predicted octanol–water partition coefficient (Wildman–Crippen LogP) is 0.785. The molecule has 1 saturated heterocycles. The van der Waals surface area contributed by atoms with Crippen molar-refractivity contribution in [3.05, 3.63) is 0 Å². The highest BCUT2D eigenvalue weighted by molar-refractivity contribution is 5.80. The van der Waals surface area contributed by atoms with Crippen LogP contribution in [0.5, 0.6) is 0 Å². The molecule has 1 aliphatic heterocycles. The third kappa shape index (κ3) is 4.70. The third-order valence-electron chi connectivity index (χ3n) is 3.35. The van der Waals surface area contributed by atoms with Crippen LogP contribution in [0.3, 0.4) is 0 Å². The lowest BCUT2D eigenvalue weighted by Gasteiger charge is -2.28. The van der Waals surface area contributed by atoms with Crippen LogP contribution in [0.25, 0.3) is 0 Å². The van der Waals surface area contributed by atoms with Crippen LogP contribution in [0.15, 0.2) is 0 Å². The molecule has 1 rings (SSSR count). The summed E-state index contributed by atoms with van der Waals surface area (Å²) in [5.41, 5.74) is 0. The molecular weight excluding hydrogens is 246 g/mol. The molecule has 1 unspecified atom stereocenters. The summed E-state index contributed by atoms with van der Waals surface area (Å²) in [6, 6.07) is 0.218. The van der Waals surface area contributed by atoms with E-state index in [2.05, 4.69) is 4.90 Å². The highest BCUT2D eigenvalue weighted by Crippen LogP contribution is 2.15. The number of carbonyl (C=O) groups excluding carboxylic acids is 1. The minimum Gasteiger partial charge on any atom is -0.480 e. The molecule has 19 heavy (non-hydrogen) atoms. The summed E-state index contributed by atoms with van der Waals surface area (Å²) < 4.78 is 0. The molecule has 0 aromatic rings. The molecule has 0 saturated carbocycles. The average molecular weight is 271 g/mol. The lowest BCUT2D eigenvalue weighted by Crippen LogP contribution is -2.46. The van der Waals surface area contributed by atoms with Gasteiger partial charge in [-0.25, -0.2) is 4.79 Å². The molecule has 0 spiro atoms. The van der Waals surface area contributed by atoms with Crippen LogP contribution in [0.2, 0.25) is 0 Å². The van der Waals surface area contributed by atoms with Crippen LogP contribution in [0.1, 0.15) is 20.3 Å². The molecule has 1 heterocycles. The van der Waals surface area contributed by atoms with Gasteiger partial charge in [0.25, 0.3) is 0 Å². The Balaban J connectivity index is 2.63. The van der Waals surface area contributed by atoms with Crippen molar-refractivity contribution in [3.8, 4) is 0 Å². The van der Waals surface area contributed by atoms with E-state index < -0.39 is 5.97 Å². The summed E-state index contributed by atoms with van der Waals surface area (Å²) in [5.74, 6) is -0.701. The van der Waals surface area contributed by atoms with Crippen molar-refractivity contribution in [2.75, 3.05) is 40.3 Å². The van der Waals surface area contributed by atoms with Gasteiger partial charge in [-0.2, -0.15) is 0 Å². The Morgan fingerprint density at radius 3 is 2.42 bits per heavy atom. The van der Waals surface area contributed by atoms with E-state index in [0.29, 0.717) is 25.7 Å². The number of carboxylic acid groups (broad SMARTS) is 1. The number of urea groups is 1. The number of aliphatic carboxylic acids is 1. The number of amides is 2. The minimum absolute atomic E-state index is 0.152. The van der Waals surface area contributed by atoms with Crippen LogP contribution in [0.4, 0.5) is 4.79 Å². The van der Waals surface area contributed by atoms with E-state index in [-0.39, 0.29) is 18.5 Å². The van der Waals surface area contributed by atoms with E-state index >= 15 is 0 Å². The molecule has 110 valence electrons. The van der Waals surface area contributed by atoms with Gasteiger partial charge in [0.05, 0.1) is 0 Å². The van der Waals surface area contributed by atoms with Gasteiger partial charge in [-0.05, 0) is 26.4 Å². The molecule has 0 bridgehead atoms. The number of rotatable bonds is 5. The van der Waals surface area contributed by atoms with Crippen molar-refractivity contribution in [1.29, 1.82) is 0 Å². The van der Waals surface area contributed by atoms with Crippen molar-refractivity contribution in [1.82, 2.24) is 14.7 Å². The zero-order chi connectivity index (χ0) is 14.6. The highest BCUT2D eigenvalue weighted by atomic mass is 16.4. The molecule has 0 aromatic heterocycles. The summed E-state index contributed by atoms with van der Waals surface area (Å²) in [4.78, 5) is 28.5. The highest BCUT2D eigenvalue weighted by Gasteiger charge is 2.31. The van der Waals surface area contributed by atoms with E-state index in [1.165, 1.54) is 4.90 Å². The summed E-state index contributed by atoms with van der Waals surface area (Å²) in [6.45, 7) is 5.60. The molecular formula is C13H25N3O3. The second kappa shape index (κ2) is 6.75. The van der Waals surface area contributed by atoms with Crippen LogP contribution in [-0.4, -0.2) is 78.1 Å². The lowest BCUT2D eigenvalue weighted by molar-refractivity contribution is -0.137. The summed E-state index contributed by atoms with van der Waals surface area (Å²) in [6.07, 6.45) is 0.946. The molecule has 1 aliphatic rings. The van der Waals surface area contributed by atoms with Gasteiger partial charge in [-0.15, -0.1) is 0 Å². The molecule has 1 N–H and O–H groups in total. The molecule has 0 aliphatic carbocycles. The Bertz CT molecular complexity index is 331. The van der Waals surface area contributed by atoms with Crippen molar-refractivity contribution in [2.45, 2.75) is 26.3 Å². The molecule has 2 amide bonds. The normalized spacial score (nSPS) is 19.3. The van der Waals surface area contributed by atoms with Gasteiger partial charge in [-0.1, -0.05) is 13.8 Å².